The minimum atomic E-state index is -0.258. The molecule has 3 aromatic heterocycles. The van der Waals surface area contributed by atoms with Gasteiger partial charge in [0.25, 0.3) is 11.5 Å². The van der Waals surface area contributed by atoms with E-state index in [0.29, 0.717) is 50.1 Å². The van der Waals surface area contributed by atoms with E-state index in [-0.39, 0.29) is 18.0 Å². The first-order chi connectivity index (χ1) is 18.9. The number of nitrogens with zero attached hydrogens (tertiary/aromatic N) is 5. The molecule has 2 saturated heterocycles. The molecular weight excluding hydrogens is 554 g/mol. The van der Waals surface area contributed by atoms with Crippen molar-refractivity contribution in [3.8, 4) is 0 Å². The molecule has 11 heteroatoms. The number of pyridine rings is 1. The lowest BCUT2D eigenvalue weighted by Crippen LogP contribution is -2.47. The van der Waals surface area contributed by atoms with Gasteiger partial charge in [0.15, 0.2) is 0 Å². The van der Waals surface area contributed by atoms with Crippen LogP contribution in [0.25, 0.3) is 11.7 Å². The normalized spacial score (nSPS) is 17.2. The van der Waals surface area contributed by atoms with Crippen LogP contribution in [0.4, 0.5) is 11.5 Å². The topological polar surface area (TPSA) is 74.3 Å². The van der Waals surface area contributed by atoms with Crippen LogP contribution in [0, 0.1) is 6.92 Å². The standard InChI is InChI=1S/C28H24ClN5O3S2/c1-18-5-3-9-33-24(18)30-25(32-12-10-31(11-13-32)20-7-2-6-19(29)15-20)22(26(33)35)16-23-27(36)34(28(38)39-23)17-21-8-4-14-37-21/h2-9,14-16H,10-13,17H2,1H3/b23-16-. The Labute approximate surface area is 239 Å². The molecule has 0 radical (unpaired) electrons. The molecule has 2 aliphatic rings. The number of aromatic nitrogens is 2. The highest BCUT2D eigenvalue weighted by Crippen LogP contribution is 2.35. The molecule has 2 aliphatic heterocycles. The molecule has 0 unspecified atom stereocenters. The SMILES string of the molecule is Cc1cccn2c(=O)c(/C=C3\SC(=S)N(Cc4ccco4)C3=O)c(N3CCN(c4cccc(Cl)c4)CC3)nc12. The smallest absolute Gasteiger partial charge is 0.267 e. The van der Waals surface area contributed by atoms with Gasteiger partial charge in [-0.2, -0.15) is 0 Å². The van der Waals surface area contributed by atoms with Crippen molar-refractivity contribution in [1.82, 2.24) is 14.3 Å². The number of aryl methyl sites for hydroxylation is 1. The van der Waals surface area contributed by atoms with Crippen molar-refractivity contribution in [2.24, 2.45) is 0 Å². The number of benzene rings is 1. The largest absolute Gasteiger partial charge is 0.467 e. The number of carbonyl (C=O) groups excluding carboxylic acids is 1. The van der Waals surface area contributed by atoms with E-state index in [1.165, 1.54) is 21.1 Å². The van der Waals surface area contributed by atoms with Gasteiger partial charge >= 0.3 is 0 Å². The van der Waals surface area contributed by atoms with Crippen LogP contribution >= 0.6 is 35.6 Å². The molecule has 0 bridgehead atoms. The maximum atomic E-state index is 13.8. The van der Waals surface area contributed by atoms with Crippen LogP contribution in [0.5, 0.6) is 0 Å². The molecule has 0 spiro atoms. The maximum absolute atomic E-state index is 13.8. The van der Waals surface area contributed by atoms with Crippen molar-refractivity contribution in [3.05, 3.63) is 98.2 Å². The third kappa shape index (κ3) is 4.95. The van der Waals surface area contributed by atoms with E-state index in [9.17, 15) is 9.59 Å². The Hall–Kier alpha value is -3.60. The zero-order valence-electron chi connectivity index (χ0n) is 21.0. The van der Waals surface area contributed by atoms with Crippen LogP contribution in [-0.4, -0.2) is 50.7 Å². The first-order valence-electron chi connectivity index (χ1n) is 12.4. The Bertz CT molecular complexity index is 1680. The van der Waals surface area contributed by atoms with Gasteiger partial charge in [-0.1, -0.05) is 47.7 Å². The number of thioether (sulfide) groups is 1. The average molecular weight is 578 g/mol. The maximum Gasteiger partial charge on any atom is 0.267 e. The predicted octanol–water partition coefficient (Wildman–Crippen LogP) is 4.98. The minimum absolute atomic E-state index is 0.229. The van der Waals surface area contributed by atoms with Crippen molar-refractivity contribution in [1.29, 1.82) is 0 Å². The van der Waals surface area contributed by atoms with Crippen molar-refractivity contribution < 1.29 is 9.21 Å². The summed E-state index contributed by atoms with van der Waals surface area (Å²) in [6.07, 6.45) is 4.91. The molecule has 1 amide bonds. The Balaban J connectivity index is 1.36. The Kier molecular flexibility index (Phi) is 6.92. The Morgan fingerprint density at radius 3 is 2.62 bits per heavy atom. The molecule has 8 nitrogen and oxygen atoms in total. The first kappa shape index (κ1) is 25.7. The summed E-state index contributed by atoms with van der Waals surface area (Å²) >= 11 is 12.9. The van der Waals surface area contributed by atoms with E-state index < -0.39 is 0 Å². The lowest BCUT2D eigenvalue weighted by molar-refractivity contribution is -0.122. The van der Waals surface area contributed by atoms with Gasteiger partial charge in [0, 0.05) is 43.1 Å². The Morgan fingerprint density at radius 2 is 1.87 bits per heavy atom. The van der Waals surface area contributed by atoms with E-state index in [0.717, 1.165) is 24.3 Å². The summed E-state index contributed by atoms with van der Waals surface area (Å²) in [6.45, 7) is 4.95. The number of rotatable bonds is 5. The van der Waals surface area contributed by atoms with Gasteiger partial charge in [-0.25, -0.2) is 4.98 Å². The highest BCUT2D eigenvalue weighted by molar-refractivity contribution is 8.26. The third-order valence-electron chi connectivity index (χ3n) is 6.86. The lowest BCUT2D eigenvalue weighted by Gasteiger charge is -2.37. The van der Waals surface area contributed by atoms with E-state index >= 15 is 0 Å². The van der Waals surface area contributed by atoms with E-state index in [1.54, 1.807) is 30.7 Å². The van der Waals surface area contributed by atoms with Crippen molar-refractivity contribution in [3.63, 3.8) is 0 Å². The monoisotopic (exact) mass is 577 g/mol. The van der Waals surface area contributed by atoms with E-state index in [2.05, 4.69) is 9.80 Å². The number of thiocarbonyl (C=S) groups is 1. The molecule has 0 aliphatic carbocycles. The van der Waals surface area contributed by atoms with Crippen LogP contribution < -0.4 is 15.4 Å². The van der Waals surface area contributed by atoms with Crippen molar-refractivity contribution >= 4 is 69.0 Å². The zero-order chi connectivity index (χ0) is 27.1. The highest BCUT2D eigenvalue weighted by Gasteiger charge is 2.34. The fourth-order valence-corrected chi connectivity index (χ4v) is 6.26. The second kappa shape index (κ2) is 10.5. The summed E-state index contributed by atoms with van der Waals surface area (Å²) in [5, 5.41) is 0.696. The number of amides is 1. The molecular formula is C28H24ClN5O3S2. The molecule has 2 fully saturated rings. The summed E-state index contributed by atoms with van der Waals surface area (Å²) in [5.74, 6) is 0.942. The molecule has 198 valence electrons. The number of halogens is 1. The van der Waals surface area contributed by atoms with Crippen molar-refractivity contribution in [2.45, 2.75) is 13.5 Å². The van der Waals surface area contributed by atoms with Gasteiger partial charge in [-0.15, -0.1) is 0 Å². The van der Waals surface area contributed by atoms with Gasteiger partial charge < -0.3 is 14.2 Å². The molecule has 6 rings (SSSR count). The van der Waals surface area contributed by atoms with Crippen LogP contribution in [0.15, 0.2) is 75.1 Å². The van der Waals surface area contributed by atoms with Gasteiger partial charge in [-0.05, 0) is 55.0 Å². The number of carbonyl (C=O) groups is 1. The highest BCUT2D eigenvalue weighted by atomic mass is 35.5. The van der Waals surface area contributed by atoms with Gasteiger partial charge in [0.1, 0.15) is 21.5 Å². The molecule has 5 heterocycles. The fourth-order valence-electron chi connectivity index (χ4n) is 4.84. The number of furan rings is 1. The van der Waals surface area contributed by atoms with Gasteiger partial charge in [0.2, 0.25) is 0 Å². The number of hydrogen-bond donors (Lipinski definition) is 0. The number of anilines is 2. The first-order valence-corrected chi connectivity index (χ1v) is 14.0. The number of hydrogen-bond acceptors (Lipinski definition) is 8. The second-order valence-electron chi connectivity index (χ2n) is 9.34. The molecule has 0 atom stereocenters. The molecule has 0 N–H and O–H groups in total. The lowest BCUT2D eigenvalue weighted by atomic mass is 10.2. The van der Waals surface area contributed by atoms with Gasteiger partial charge in [-0.3, -0.25) is 18.9 Å². The summed E-state index contributed by atoms with van der Waals surface area (Å²) in [4.78, 5) is 38.4. The predicted molar refractivity (Wildman–Crippen MR) is 160 cm³/mol. The number of fused-ring (bicyclic) bond motifs is 1. The molecule has 1 aromatic carbocycles. The summed E-state index contributed by atoms with van der Waals surface area (Å²) < 4.78 is 7.36. The quantitative estimate of drug-likeness (QED) is 0.243. The Morgan fingerprint density at radius 1 is 1.08 bits per heavy atom. The van der Waals surface area contributed by atoms with Crippen LogP contribution in [0.2, 0.25) is 5.02 Å². The second-order valence-corrected chi connectivity index (χ2v) is 11.5. The van der Waals surface area contributed by atoms with E-state index in [4.69, 9.17) is 33.2 Å². The van der Waals surface area contributed by atoms with Crippen molar-refractivity contribution in [2.75, 3.05) is 36.0 Å². The fraction of sp³-hybridized carbons (Fsp3) is 0.214. The molecule has 39 heavy (non-hydrogen) atoms. The summed E-state index contributed by atoms with van der Waals surface area (Å²) in [5.41, 5.74) is 2.69. The third-order valence-corrected chi connectivity index (χ3v) is 8.47. The zero-order valence-corrected chi connectivity index (χ0v) is 23.4. The number of piperazine rings is 1. The minimum Gasteiger partial charge on any atom is -0.467 e. The van der Waals surface area contributed by atoms with Crippen LogP contribution in [0.1, 0.15) is 16.9 Å². The van der Waals surface area contributed by atoms with Crippen LogP contribution in [-0.2, 0) is 11.3 Å². The summed E-state index contributed by atoms with van der Waals surface area (Å²) in [6, 6.07) is 15.1. The van der Waals surface area contributed by atoms with Gasteiger partial charge in [0.05, 0.1) is 23.3 Å². The molecule has 4 aromatic rings. The molecule has 0 saturated carbocycles. The van der Waals surface area contributed by atoms with Crippen LogP contribution in [0.3, 0.4) is 0 Å². The van der Waals surface area contributed by atoms with E-state index in [1.807, 2.05) is 43.3 Å². The summed E-state index contributed by atoms with van der Waals surface area (Å²) in [7, 11) is 0. The average Bonchev–Trinajstić information content (AvgIpc) is 3.55.